The van der Waals surface area contributed by atoms with Crippen LogP contribution in [-0.4, -0.2) is 15.0 Å². The number of nitrogen functional groups attached to an aromatic ring is 1. The normalized spacial score (nSPS) is 10.4. The summed E-state index contributed by atoms with van der Waals surface area (Å²) >= 11 is 2.18. The Labute approximate surface area is 82.4 Å². The summed E-state index contributed by atoms with van der Waals surface area (Å²) < 4.78 is 1.01. The third-order valence-electron chi connectivity index (χ3n) is 1.53. The van der Waals surface area contributed by atoms with Gasteiger partial charge in [0.05, 0.1) is 0 Å². The smallest absolute Gasteiger partial charge is 0.150 e. The van der Waals surface area contributed by atoms with Crippen molar-refractivity contribution >= 4 is 39.3 Å². The van der Waals surface area contributed by atoms with Gasteiger partial charge in [-0.3, -0.25) is 0 Å². The summed E-state index contributed by atoms with van der Waals surface area (Å²) in [5.74, 6) is 0.452. The Hall–Kier alpha value is -0.980. The van der Waals surface area contributed by atoms with Crippen molar-refractivity contribution in [2.75, 3.05) is 5.73 Å². The molecule has 2 N–H and O–H groups in total. The predicted molar refractivity (Wildman–Crippen MR) is 54.5 cm³/mol. The highest BCUT2D eigenvalue weighted by molar-refractivity contribution is 14.1. The molecular formula is C7H5IN4. The first-order valence-corrected chi connectivity index (χ1v) is 4.36. The van der Waals surface area contributed by atoms with Crippen LogP contribution in [-0.2, 0) is 0 Å². The molecule has 60 valence electrons. The van der Waals surface area contributed by atoms with E-state index in [0.29, 0.717) is 5.82 Å². The van der Waals surface area contributed by atoms with Gasteiger partial charge in [-0.05, 0) is 22.6 Å². The van der Waals surface area contributed by atoms with Gasteiger partial charge in [-0.15, -0.1) is 0 Å². The summed E-state index contributed by atoms with van der Waals surface area (Å²) in [7, 11) is 0. The van der Waals surface area contributed by atoms with Crippen LogP contribution in [0.25, 0.3) is 10.9 Å². The Morgan fingerprint density at radius 1 is 1.25 bits per heavy atom. The largest absolute Gasteiger partial charge is 0.382 e. The van der Waals surface area contributed by atoms with E-state index in [9.17, 15) is 0 Å². The molecule has 2 heterocycles. The Morgan fingerprint density at radius 3 is 2.83 bits per heavy atom. The van der Waals surface area contributed by atoms with Crippen LogP contribution in [0, 0.1) is 3.57 Å². The first-order valence-electron chi connectivity index (χ1n) is 3.29. The van der Waals surface area contributed by atoms with Crippen LogP contribution in [0.3, 0.4) is 0 Å². The van der Waals surface area contributed by atoms with Crippen molar-refractivity contribution in [1.82, 2.24) is 15.0 Å². The van der Waals surface area contributed by atoms with Crippen LogP contribution < -0.4 is 5.73 Å². The van der Waals surface area contributed by atoms with Crippen LogP contribution in [0.5, 0.6) is 0 Å². The molecule has 0 fully saturated rings. The van der Waals surface area contributed by atoms with Crippen molar-refractivity contribution < 1.29 is 0 Å². The molecule has 0 spiro atoms. The molecule has 0 unspecified atom stereocenters. The maximum Gasteiger partial charge on any atom is 0.150 e. The highest BCUT2D eigenvalue weighted by atomic mass is 127. The molecule has 0 saturated carbocycles. The molecule has 0 bridgehead atoms. The standard InChI is InChI=1S/C7H5IN4/c8-5-2-11-7(9)6-4(5)1-10-3-12-6/h1-3H,(H2,9,11). The fourth-order valence-corrected chi connectivity index (χ4v) is 1.50. The molecule has 0 atom stereocenters. The minimum absolute atomic E-state index is 0.452. The number of rotatable bonds is 0. The van der Waals surface area contributed by atoms with Crippen molar-refractivity contribution in [2.45, 2.75) is 0 Å². The summed E-state index contributed by atoms with van der Waals surface area (Å²) in [6.07, 6.45) is 4.92. The second-order valence-electron chi connectivity index (χ2n) is 2.28. The molecule has 0 amide bonds. The molecule has 2 aromatic heterocycles. The van der Waals surface area contributed by atoms with E-state index in [1.54, 1.807) is 12.4 Å². The number of fused-ring (bicyclic) bond motifs is 1. The van der Waals surface area contributed by atoms with Crippen LogP contribution in [0.1, 0.15) is 0 Å². The molecule has 2 rings (SSSR count). The zero-order valence-electron chi connectivity index (χ0n) is 6.03. The second-order valence-corrected chi connectivity index (χ2v) is 3.44. The number of hydrogen-bond donors (Lipinski definition) is 1. The van der Waals surface area contributed by atoms with E-state index in [1.165, 1.54) is 6.33 Å². The third-order valence-corrected chi connectivity index (χ3v) is 2.39. The van der Waals surface area contributed by atoms with Crippen LogP contribution in [0.2, 0.25) is 0 Å². The number of halogens is 1. The quantitative estimate of drug-likeness (QED) is 0.732. The van der Waals surface area contributed by atoms with E-state index < -0.39 is 0 Å². The van der Waals surface area contributed by atoms with E-state index in [-0.39, 0.29) is 0 Å². The number of hydrogen-bond acceptors (Lipinski definition) is 4. The third kappa shape index (κ3) is 1.09. The van der Waals surface area contributed by atoms with Gasteiger partial charge < -0.3 is 5.73 Å². The first kappa shape index (κ1) is 7.66. The van der Waals surface area contributed by atoms with Gasteiger partial charge in [0, 0.05) is 21.4 Å². The fourth-order valence-electron chi connectivity index (χ4n) is 0.965. The van der Waals surface area contributed by atoms with Crippen molar-refractivity contribution in [1.29, 1.82) is 0 Å². The summed E-state index contributed by atoms with van der Waals surface area (Å²) in [5, 5.41) is 0.950. The Morgan fingerprint density at radius 2 is 2.08 bits per heavy atom. The van der Waals surface area contributed by atoms with E-state index in [0.717, 1.165) is 14.5 Å². The maximum atomic E-state index is 5.62. The molecule has 0 aromatic carbocycles. The molecule has 2 aromatic rings. The Bertz CT molecular complexity index is 388. The van der Waals surface area contributed by atoms with Gasteiger partial charge in [-0.2, -0.15) is 0 Å². The Kier molecular flexibility index (Phi) is 1.80. The zero-order chi connectivity index (χ0) is 8.55. The van der Waals surface area contributed by atoms with Crippen molar-refractivity contribution in [2.24, 2.45) is 0 Å². The van der Waals surface area contributed by atoms with E-state index >= 15 is 0 Å². The summed E-state index contributed by atoms with van der Waals surface area (Å²) in [6, 6.07) is 0. The zero-order valence-corrected chi connectivity index (χ0v) is 8.19. The van der Waals surface area contributed by atoms with E-state index in [4.69, 9.17) is 5.73 Å². The summed E-state index contributed by atoms with van der Waals surface area (Å²) in [6.45, 7) is 0. The van der Waals surface area contributed by atoms with Crippen LogP contribution in [0.15, 0.2) is 18.7 Å². The molecule has 0 radical (unpaired) electrons. The summed E-state index contributed by atoms with van der Waals surface area (Å²) in [5.41, 5.74) is 6.34. The van der Waals surface area contributed by atoms with Gasteiger partial charge >= 0.3 is 0 Å². The molecule has 12 heavy (non-hydrogen) atoms. The minimum atomic E-state index is 0.452. The van der Waals surface area contributed by atoms with E-state index in [2.05, 4.69) is 37.5 Å². The van der Waals surface area contributed by atoms with E-state index in [1.807, 2.05) is 0 Å². The van der Waals surface area contributed by atoms with Gasteiger partial charge in [0.2, 0.25) is 0 Å². The lowest BCUT2D eigenvalue weighted by Crippen LogP contribution is -1.95. The molecule has 0 aliphatic heterocycles. The molecule has 0 saturated heterocycles. The van der Waals surface area contributed by atoms with Gasteiger partial charge in [0.25, 0.3) is 0 Å². The van der Waals surface area contributed by atoms with Crippen LogP contribution >= 0.6 is 22.6 Å². The average molecular weight is 272 g/mol. The maximum absolute atomic E-state index is 5.62. The lowest BCUT2D eigenvalue weighted by Gasteiger charge is -1.99. The van der Waals surface area contributed by atoms with Crippen molar-refractivity contribution in [3.63, 3.8) is 0 Å². The first-order chi connectivity index (χ1) is 5.79. The van der Waals surface area contributed by atoms with Crippen molar-refractivity contribution in [3.8, 4) is 0 Å². The number of aromatic nitrogens is 3. The lowest BCUT2D eigenvalue weighted by molar-refractivity contribution is 1.20. The van der Waals surface area contributed by atoms with Crippen molar-refractivity contribution in [3.05, 3.63) is 22.3 Å². The number of anilines is 1. The van der Waals surface area contributed by atoms with Gasteiger partial charge in [0.1, 0.15) is 17.7 Å². The fraction of sp³-hybridized carbons (Fsp3) is 0. The predicted octanol–water partition coefficient (Wildman–Crippen LogP) is 1.21. The molecular weight excluding hydrogens is 267 g/mol. The minimum Gasteiger partial charge on any atom is -0.382 e. The van der Waals surface area contributed by atoms with Crippen LogP contribution in [0.4, 0.5) is 5.82 Å². The van der Waals surface area contributed by atoms with Gasteiger partial charge in [-0.25, -0.2) is 15.0 Å². The molecule has 4 nitrogen and oxygen atoms in total. The Balaban J connectivity index is 2.95. The highest BCUT2D eigenvalue weighted by Gasteiger charge is 2.02. The summed E-state index contributed by atoms with van der Waals surface area (Å²) in [4.78, 5) is 11.9. The lowest BCUT2D eigenvalue weighted by atomic mass is 10.3. The monoisotopic (exact) mass is 272 g/mol. The topological polar surface area (TPSA) is 64.7 Å². The molecule has 0 aliphatic rings. The molecule has 5 heteroatoms. The highest BCUT2D eigenvalue weighted by Crippen LogP contribution is 2.19. The number of pyridine rings is 1. The average Bonchev–Trinajstić information content (AvgIpc) is 2.12. The van der Waals surface area contributed by atoms with Gasteiger partial charge in [-0.1, -0.05) is 0 Å². The van der Waals surface area contributed by atoms with Gasteiger partial charge in [0.15, 0.2) is 0 Å². The number of nitrogens with two attached hydrogens (primary N) is 1. The SMILES string of the molecule is Nc1ncc(I)c2cncnc12. The second kappa shape index (κ2) is 2.81. The number of nitrogens with zero attached hydrogens (tertiary/aromatic N) is 3. The molecule has 0 aliphatic carbocycles.